The highest BCUT2D eigenvalue weighted by atomic mass is 32.4. The molecule has 0 atom stereocenters. The number of benzene rings is 1. The average Bonchev–Trinajstić information content (AvgIpc) is 2.02. The van der Waals surface area contributed by atoms with Crippen molar-refractivity contribution in [2.75, 3.05) is 0 Å². The Morgan fingerprint density at radius 1 is 1.14 bits per heavy atom. The summed E-state index contributed by atoms with van der Waals surface area (Å²) < 4.78 is 70.8. The van der Waals surface area contributed by atoms with E-state index in [9.17, 15) is 24.9 Å². The third kappa shape index (κ3) is 1.80. The van der Waals surface area contributed by atoms with E-state index in [4.69, 9.17) is 0 Å². The van der Waals surface area contributed by atoms with Crippen LogP contribution in [-0.2, 0) is 9.67 Å². The van der Waals surface area contributed by atoms with Gasteiger partial charge in [0.05, 0.1) is 5.19 Å². The van der Waals surface area contributed by atoms with Crippen molar-refractivity contribution >= 4 is 22.8 Å². The van der Waals surface area contributed by atoms with Crippen molar-refractivity contribution < 1.29 is 24.9 Å². The predicted molar refractivity (Wildman–Crippen MR) is 44.0 cm³/mol. The van der Waals surface area contributed by atoms with E-state index < -0.39 is 28.6 Å². The summed E-state index contributed by atoms with van der Waals surface area (Å²) in [5, 5.41) is -1.36. The fraction of sp³-hybridized carbons (Fsp3) is 0. The number of hydrogen-bond donors (Lipinski definition) is 0. The Morgan fingerprint density at radius 2 is 1.64 bits per heavy atom. The first kappa shape index (κ1) is 11.2. The van der Waals surface area contributed by atoms with Gasteiger partial charge in [-0.05, 0) is 6.07 Å². The first-order valence-corrected chi connectivity index (χ1v) is 7.20. The summed E-state index contributed by atoms with van der Waals surface area (Å²) in [7, 11) is -12.4. The number of rotatable bonds is 2. The fourth-order valence-electron chi connectivity index (χ4n) is 0.829. The molecule has 1 aromatic carbocycles. The molecule has 0 heterocycles. The summed E-state index contributed by atoms with van der Waals surface area (Å²) in [5.41, 5.74) is 0. The highest BCUT2D eigenvalue weighted by molar-refractivity contribution is 8.18. The SMILES string of the molecule is O=S(=O)(F)[Si](F)(F)c1ccccc1F. The highest BCUT2D eigenvalue weighted by Gasteiger charge is 2.56. The summed E-state index contributed by atoms with van der Waals surface area (Å²) >= 11 is 0. The summed E-state index contributed by atoms with van der Waals surface area (Å²) in [6.07, 6.45) is 0. The van der Waals surface area contributed by atoms with Crippen molar-refractivity contribution in [3.63, 3.8) is 0 Å². The van der Waals surface area contributed by atoms with Crippen molar-refractivity contribution in [2.45, 2.75) is 0 Å². The zero-order valence-electron chi connectivity index (χ0n) is 6.55. The van der Waals surface area contributed by atoms with Crippen LogP contribution in [0.15, 0.2) is 24.3 Å². The average molecular weight is 244 g/mol. The monoisotopic (exact) mass is 244 g/mol. The summed E-state index contributed by atoms with van der Waals surface area (Å²) in [4.78, 5) is 0. The van der Waals surface area contributed by atoms with E-state index >= 15 is 0 Å². The second-order valence-corrected chi connectivity index (χ2v) is 7.88. The van der Waals surface area contributed by atoms with Gasteiger partial charge in [0, 0.05) is 0 Å². The van der Waals surface area contributed by atoms with Crippen molar-refractivity contribution in [3.8, 4) is 0 Å². The van der Waals surface area contributed by atoms with Gasteiger partial charge in [-0.2, -0.15) is 8.42 Å². The van der Waals surface area contributed by atoms with Gasteiger partial charge in [0.2, 0.25) is 0 Å². The molecule has 0 saturated heterocycles. The van der Waals surface area contributed by atoms with Crippen LogP contribution in [0.1, 0.15) is 0 Å². The van der Waals surface area contributed by atoms with Crippen LogP contribution in [0, 0.1) is 5.82 Å². The summed E-state index contributed by atoms with van der Waals surface area (Å²) in [6.45, 7) is 0. The maximum Gasteiger partial charge on any atom is 0.621 e. The predicted octanol–water partition coefficient (Wildman–Crippen LogP) is 1.21. The summed E-state index contributed by atoms with van der Waals surface area (Å²) in [6, 6.07) is 3.35. The van der Waals surface area contributed by atoms with Gasteiger partial charge >= 0.3 is 17.6 Å². The molecule has 0 amide bonds. The van der Waals surface area contributed by atoms with Gasteiger partial charge in [-0.15, -0.1) is 3.89 Å². The lowest BCUT2D eigenvalue weighted by molar-refractivity contribution is 0.542. The van der Waals surface area contributed by atoms with E-state index in [1.807, 2.05) is 0 Å². The Morgan fingerprint density at radius 3 is 2.07 bits per heavy atom. The molecule has 1 rings (SSSR count). The molecular formula is C6H4F4O2SSi. The second kappa shape index (κ2) is 3.35. The molecule has 1 aromatic rings. The lowest BCUT2D eigenvalue weighted by Crippen LogP contribution is -2.47. The van der Waals surface area contributed by atoms with Crippen molar-refractivity contribution in [1.29, 1.82) is 0 Å². The third-order valence-electron chi connectivity index (χ3n) is 1.49. The van der Waals surface area contributed by atoms with E-state index in [0.29, 0.717) is 12.1 Å². The quantitative estimate of drug-likeness (QED) is 0.339. The molecule has 0 unspecified atom stereocenters. The first-order valence-electron chi connectivity index (χ1n) is 3.34. The van der Waals surface area contributed by atoms with E-state index in [1.165, 1.54) is 0 Å². The Hall–Kier alpha value is -0.893. The normalized spacial score (nSPS) is 12.9. The molecule has 8 heteroatoms. The van der Waals surface area contributed by atoms with Gasteiger partial charge in [0.15, 0.2) is 0 Å². The van der Waals surface area contributed by atoms with E-state index in [1.54, 1.807) is 0 Å². The van der Waals surface area contributed by atoms with Gasteiger partial charge in [0.1, 0.15) is 5.82 Å². The molecule has 0 aromatic heterocycles. The molecule has 0 fully saturated rings. The van der Waals surface area contributed by atoms with Gasteiger partial charge < -0.3 is 0 Å². The topological polar surface area (TPSA) is 34.1 Å². The van der Waals surface area contributed by atoms with E-state index in [0.717, 1.165) is 12.1 Å². The third-order valence-corrected chi connectivity index (χ3v) is 5.64. The van der Waals surface area contributed by atoms with Crippen LogP contribution in [-0.4, -0.2) is 16.3 Å². The maximum absolute atomic E-state index is 12.9. The van der Waals surface area contributed by atoms with Crippen molar-refractivity contribution in [1.82, 2.24) is 0 Å². The Bertz CT molecular complexity index is 445. The highest BCUT2D eigenvalue weighted by Crippen LogP contribution is 2.18. The molecule has 2 nitrogen and oxygen atoms in total. The van der Waals surface area contributed by atoms with Crippen LogP contribution in [0.2, 0.25) is 0 Å². The molecule has 0 aliphatic carbocycles. The van der Waals surface area contributed by atoms with E-state index in [-0.39, 0.29) is 0 Å². The van der Waals surface area contributed by atoms with Gasteiger partial charge in [0.25, 0.3) is 0 Å². The van der Waals surface area contributed by atoms with Crippen LogP contribution in [0.5, 0.6) is 0 Å². The minimum absolute atomic E-state index is 0.568. The first-order chi connectivity index (χ1) is 6.27. The van der Waals surface area contributed by atoms with Crippen LogP contribution in [0.25, 0.3) is 0 Å². The molecule has 0 bridgehead atoms. The lowest BCUT2D eigenvalue weighted by atomic mass is 10.3. The number of halogens is 4. The largest absolute Gasteiger partial charge is 0.621 e. The molecular weight excluding hydrogens is 240 g/mol. The minimum Gasteiger partial charge on any atom is -0.246 e. The smallest absolute Gasteiger partial charge is 0.246 e. The molecule has 0 aliphatic heterocycles. The Balaban J connectivity index is 3.38. The number of hydrogen-bond acceptors (Lipinski definition) is 2. The van der Waals surface area contributed by atoms with Crippen LogP contribution >= 0.6 is 0 Å². The van der Waals surface area contributed by atoms with Gasteiger partial charge in [-0.1, -0.05) is 18.2 Å². The zero-order valence-corrected chi connectivity index (χ0v) is 8.36. The van der Waals surface area contributed by atoms with Crippen molar-refractivity contribution in [3.05, 3.63) is 30.1 Å². The standard InChI is InChI=1S/C6H4F4O2SSi/c7-5-3-1-2-4-6(5)14(9,10)13(8,11)12/h1-4H. The van der Waals surface area contributed by atoms with Gasteiger partial charge in [-0.25, -0.2) is 12.6 Å². The van der Waals surface area contributed by atoms with Gasteiger partial charge in [-0.3, -0.25) is 0 Å². The van der Waals surface area contributed by atoms with Crippen LogP contribution < -0.4 is 5.19 Å². The second-order valence-electron chi connectivity index (χ2n) is 2.43. The molecule has 78 valence electrons. The van der Waals surface area contributed by atoms with E-state index in [2.05, 4.69) is 0 Å². The maximum atomic E-state index is 12.9. The van der Waals surface area contributed by atoms with Crippen LogP contribution in [0.3, 0.4) is 0 Å². The Labute approximate surface area is 78.4 Å². The summed E-state index contributed by atoms with van der Waals surface area (Å²) in [5.74, 6) is -1.41. The lowest BCUT2D eigenvalue weighted by Gasteiger charge is -2.08. The molecule has 0 spiro atoms. The molecule has 0 saturated carbocycles. The molecule has 0 N–H and O–H groups in total. The fourth-order valence-corrected chi connectivity index (χ4v) is 3.03. The zero-order chi connectivity index (χ0) is 11.0. The Kier molecular flexibility index (Phi) is 2.68. The molecule has 14 heavy (non-hydrogen) atoms. The minimum atomic E-state index is -6.40. The van der Waals surface area contributed by atoms with Crippen molar-refractivity contribution in [2.24, 2.45) is 0 Å². The molecule has 0 aliphatic rings. The molecule has 0 radical (unpaired) electrons. The van der Waals surface area contributed by atoms with Crippen LogP contribution in [0.4, 0.5) is 16.5 Å².